The molecule has 3 rings (SSSR count). The Hall–Kier alpha value is -2.28. The van der Waals surface area contributed by atoms with Crippen molar-refractivity contribution in [2.45, 2.75) is 6.54 Å². The number of carbonyl (C=O) groups excluding carboxylic acids is 1. The number of benzene rings is 2. The number of methoxy groups -OCH3 is 1. The van der Waals surface area contributed by atoms with Gasteiger partial charge < -0.3 is 10.1 Å². The Balaban J connectivity index is 1.83. The average Bonchev–Trinajstić information content (AvgIpc) is 2.97. The van der Waals surface area contributed by atoms with Gasteiger partial charge in [-0.25, -0.2) is 4.39 Å². The van der Waals surface area contributed by atoms with Crippen LogP contribution in [0.5, 0.6) is 5.75 Å². The molecule has 0 unspecified atom stereocenters. The summed E-state index contributed by atoms with van der Waals surface area (Å²) in [5.41, 5.74) is 0.500. The van der Waals surface area contributed by atoms with E-state index >= 15 is 0 Å². The highest BCUT2D eigenvalue weighted by atomic mass is 35.5. The number of carbonyl (C=O) groups is 1. The van der Waals surface area contributed by atoms with E-state index in [1.807, 2.05) is 0 Å². The van der Waals surface area contributed by atoms with Gasteiger partial charge in [-0.05, 0) is 30.3 Å². The molecule has 2 aromatic carbocycles. The molecule has 140 valence electrons. The number of ether oxygens (including phenoxy) is 1. The summed E-state index contributed by atoms with van der Waals surface area (Å²) in [5.74, 6) is -0.476. The number of amides is 1. The van der Waals surface area contributed by atoms with E-state index in [9.17, 15) is 9.18 Å². The van der Waals surface area contributed by atoms with Crippen LogP contribution in [0.2, 0.25) is 15.1 Å². The molecule has 1 aromatic heterocycles. The molecule has 5 nitrogen and oxygen atoms in total. The van der Waals surface area contributed by atoms with Crippen molar-refractivity contribution in [1.82, 2.24) is 9.78 Å². The van der Waals surface area contributed by atoms with Gasteiger partial charge in [0.15, 0.2) is 5.82 Å². The molecule has 0 radical (unpaired) electrons. The maximum absolute atomic E-state index is 13.9. The molecule has 0 fully saturated rings. The van der Waals surface area contributed by atoms with Gasteiger partial charge in [0.25, 0.3) is 5.91 Å². The first-order valence-corrected chi connectivity index (χ1v) is 8.83. The van der Waals surface area contributed by atoms with E-state index in [0.29, 0.717) is 10.8 Å². The van der Waals surface area contributed by atoms with Crippen LogP contribution < -0.4 is 10.1 Å². The predicted octanol–water partition coefficient (Wildman–Crippen LogP) is 5.29. The zero-order valence-electron chi connectivity index (χ0n) is 14.0. The summed E-state index contributed by atoms with van der Waals surface area (Å²) < 4.78 is 20.5. The summed E-state index contributed by atoms with van der Waals surface area (Å²) in [5, 5.41) is 7.63. The fourth-order valence-electron chi connectivity index (χ4n) is 2.44. The van der Waals surface area contributed by atoms with Gasteiger partial charge in [0.2, 0.25) is 0 Å². The van der Waals surface area contributed by atoms with E-state index in [-0.39, 0.29) is 33.5 Å². The second-order valence-electron chi connectivity index (χ2n) is 5.52. The number of hydrogen-bond donors (Lipinski definition) is 1. The van der Waals surface area contributed by atoms with E-state index in [2.05, 4.69) is 10.4 Å². The monoisotopic (exact) mass is 427 g/mol. The van der Waals surface area contributed by atoms with E-state index < -0.39 is 11.7 Å². The lowest BCUT2D eigenvalue weighted by molar-refractivity contribution is 0.102. The Kier molecular flexibility index (Phi) is 5.89. The highest BCUT2D eigenvalue weighted by molar-refractivity contribution is 6.34. The van der Waals surface area contributed by atoms with Crippen LogP contribution in [0.15, 0.2) is 42.6 Å². The van der Waals surface area contributed by atoms with Gasteiger partial charge in [-0.3, -0.25) is 9.48 Å². The summed E-state index contributed by atoms with van der Waals surface area (Å²) in [6.45, 7) is 0.0571. The van der Waals surface area contributed by atoms with Crippen LogP contribution >= 0.6 is 34.8 Å². The van der Waals surface area contributed by atoms with Crippen molar-refractivity contribution in [3.8, 4) is 5.75 Å². The fraction of sp³-hybridized carbons (Fsp3) is 0.111. The van der Waals surface area contributed by atoms with Crippen LogP contribution in [0.4, 0.5) is 10.2 Å². The summed E-state index contributed by atoms with van der Waals surface area (Å²) in [6.07, 6.45) is 1.47. The number of nitrogens with zero attached hydrogens (tertiary/aromatic N) is 2. The largest absolute Gasteiger partial charge is 0.496 e. The quantitative estimate of drug-likeness (QED) is 0.600. The molecule has 3 aromatic rings. The lowest BCUT2D eigenvalue weighted by Gasteiger charge is -2.09. The molecule has 1 amide bonds. The molecule has 0 spiro atoms. The molecule has 0 saturated carbocycles. The molecule has 27 heavy (non-hydrogen) atoms. The SMILES string of the molecule is COc1ccc(Cl)cc1C(=O)Nc1nn(Cc2c(F)cccc2Cl)cc1Cl. The van der Waals surface area contributed by atoms with Crippen molar-refractivity contribution >= 4 is 46.5 Å². The van der Waals surface area contributed by atoms with Crippen molar-refractivity contribution < 1.29 is 13.9 Å². The molecule has 1 N–H and O–H groups in total. The van der Waals surface area contributed by atoms with Crippen molar-refractivity contribution in [3.05, 3.63) is 74.6 Å². The minimum absolute atomic E-state index is 0.0571. The molecule has 0 aliphatic heterocycles. The first-order chi connectivity index (χ1) is 12.9. The normalized spacial score (nSPS) is 10.7. The molecule has 0 aliphatic rings. The van der Waals surface area contributed by atoms with E-state index in [1.54, 1.807) is 18.2 Å². The number of aromatic nitrogens is 2. The third-order valence-electron chi connectivity index (χ3n) is 3.74. The Bertz CT molecular complexity index is 987. The maximum Gasteiger partial charge on any atom is 0.260 e. The van der Waals surface area contributed by atoms with Crippen LogP contribution in [0.3, 0.4) is 0 Å². The Morgan fingerprint density at radius 2 is 2.00 bits per heavy atom. The number of halogens is 4. The third-order valence-corrected chi connectivity index (χ3v) is 4.60. The average molecular weight is 429 g/mol. The lowest BCUT2D eigenvalue weighted by Crippen LogP contribution is -2.14. The van der Waals surface area contributed by atoms with Gasteiger partial charge in [0.05, 0.1) is 19.2 Å². The van der Waals surface area contributed by atoms with Crippen LogP contribution in [-0.4, -0.2) is 22.8 Å². The Morgan fingerprint density at radius 1 is 1.22 bits per heavy atom. The minimum Gasteiger partial charge on any atom is -0.496 e. The minimum atomic E-state index is -0.495. The molecule has 0 saturated heterocycles. The van der Waals surface area contributed by atoms with E-state index in [4.69, 9.17) is 39.5 Å². The van der Waals surface area contributed by atoms with Crippen LogP contribution in [-0.2, 0) is 6.54 Å². The predicted molar refractivity (Wildman–Crippen MR) is 104 cm³/mol. The summed E-state index contributed by atoms with van der Waals surface area (Å²) in [6, 6.07) is 9.06. The first-order valence-electron chi connectivity index (χ1n) is 7.69. The maximum atomic E-state index is 13.9. The topological polar surface area (TPSA) is 56.1 Å². The smallest absolute Gasteiger partial charge is 0.260 e. The zero-order valence-corrected chi connectivity index (χ0v) is 16.2. The Labute approximate surface area is 169 Å². The van der Waals surface area contributed by atoms with E-state index in [0.717, 1.165) is 0 Å². The number of hydrogen-bond acceptors (Lipinski definition) is 3. The lowest BCUT2D eigenvalue weighted by atomic mass is 10.2. The van der Waals surface area contributed by atoms with Crippen LogP contribution in [0.25, 0.3) is 0 Å². The van der Waals surface area contributed by atoms with Gasteiger partial charge in [0, 0.05) is 21.8 Å². The van der Waals surface area contributed by atoms with Crippen molar-refractivity contribution in [2.75, 3.05) is 12.4 Å². The second-order valence-corrected chi connectivity index (χ2v) is 6.77. The third kappa shape index (κ3) is 4.35. The summed E-state index contributed by atoms with van der Waals surface area (Å²) >= 11 is 18.1. The van der Waals surface area contributed by atoms with E-state index in [1.165, 1.54) is 36.2 Å². The molecule has 0 aliphatic carbocycles. The molecule has 0 bridgehead atoms. The zero-order chi connectivity index (χ0) is 19.6. The van der Waals surface area contributed by atoms with Gasteiger partial charge in [0.1, 0.15) is 16.6 Å². The van der Waals surface area contributed by atoms with Crippen LogP contribution in [0.1, 0.15) is 15.9 Å². The number of rotatable bonds is 5. The summed E-state index contributed by atoms with van der Waals surface area (Å²) in [4.78, 5) is 12.5. The molecule has 1 heterocycles. The first kappa shape index (κ1) is 19.5. The number of anilines is 1. The molecule has 9 heteroatoms. The second kappa shape index (κ2) is 8.17. The van der Waals surface area contributed by atoms with Gasteiger partial charge in [-0.15, -0.1) is 0 Å². The van der Waals surface area contributed by atoms with Crippen molar-refractivity contribution in [2.24, 2.45) is 0 Å². The highest BCUT2D eigenvalue weighted by Gasteiger charge is 2.17. The molecule has 0 atom stereocenters. The molecular formula is C18H13Cl3FN3O2. The van der Waals surface area contributed by atoms with Gasteiger partial charge in [-0.2, -0.15) is 5.10 Å². The van der Waals surface area contributed by atoms with Crippen LogP contribution in [0, 0.1) is 5.82 Å². The van der Waals surface area contributed by atoms with Gasteiger partial charge in [-0.1, -0.05) is 40.9 Å². The van der Waals surface area contributed by atoms with Crippen molar-refractivity contribution in [1.29, 1.82) is 0 Å². The summed E-state index contributed by atoms with van der Waals surface area (Å²) in [7, 11) is 1.44. The highest BCUT2D eigenvalue weighted by Crippen LogP contribution is 2.26. The number of nitrogens with one attached hydrogen (secondary N) is 1. The fourth-order valence-corrected chi connectivity index (χ4v) is 3.03. The van der Waals surface area contributed by atoms with Gasteiger partial charge >= 0.3 is 0 Å². The standard InChI is InChI=1S/C18H13Cl3FN3O2/c1-27-16-6-5-10(19)7-11(16)18(26)23-17-14(21)9-25(24-17)8-12-13(20)3-2-4-15(12)22/h2-7,9H,8H2,1H3,(H,23,24,26). The molecular weight excluding hydrogens is 416 g/mol. The van der Waals surface area contributed by atoms with Crippen molar-refractivity contribution in [3.63, 3.8) is 0 Å². The Morgan fingerprint density at radius 3 is 2.70 bits per heavy atom.